The van der Waals surface area contributed by atoms with Gasteiger partial charge in [-0.3, -0.25) is 14.6 Å². The second kappa shape index (κ2) is 8.72. The summed E-state index contributed by atoms with van der Waals surface area (Å²) >= 11 is 6.63. The van der Waals surface area contributed by atoms with Crippen LogP contribution in [0.3, 0.4) is 0 Å². The molecular weight excluding hydrogens is 451 g/mol. The second-order valence-corrected chi connectivity index (χ2v) is 8.16. The zero-order valence-electron chi connectivity index (χ0n) is 15.5. The number of benzene rings is 1. The SMILES string of the molecule is NSc1cccc(NC(=O)c2c(C(F)(F)F)c(Cl)nn2CC2CCC(F)(F)CC2)c1. The molecule has 0 aliphatic heterocycles. The lowest BCUT2D eigenvalue weighted by Gasteiger charge is -2.28. The van der Waals surface area contributed by atoms with Crippen molar-refractivity contribution in [1.29, 1.82) is 0 Å². The Hall–Kier alpha value is -1.85. The number of hydrogen-bond donors (Lipinski definition) is 2. The molecular formula is C18H18ClF5N4OS. The molecule has 3 N–H and O–H groups in total. The highest BCUT2D eigenvalue weighted by Crippen LogP contribution is 2.40. The number of alkyl halides is 5. The molecule has 1 saturated carbocycles. The molecule has 0 unspecified atom stereocenters. The Morgan fingerprint density at radius 2 is 2.00 bits per heavy atom. The van der Waals surface area contributed by atoms with Gasteiger partial charge in [-0.15, -0.1) is 0 Å². The van der Waals surface area contributed by atoms with E-state index in [1.165, 1.54) is 12.1 Å². The van der Waals surface area contributed by atoms with Crippen molar-refractivity contribution in [2.24, 2.45) is 11.1 Å². The van der Waals surface area contributed by atoms with E-state index >= 15 is 0 Å². The number of amides is 1. The lowest BCUT2D eigenvalue weighted by Crippen LogP contribution is -2.29. The van der Waals surface area contributed by atoms with Gasteiger partial charge in [-0.1, -0.05) is 17.7 Å². The van der Waals surface area contributed by atoms with Crippen LogP contribution in [0.5, 0.6) is 0 Å². The van der Waals surface area contributed by atoms with Crippen LogP contribution >= 0.6 is 23.5 Å². The van der Waals surface area contributed by atoms with E-state index in [0.717, 1.165) is 16.6 Å². The third-order valence-electron chi connectivity index (χ3n) is 4.90. The van der Waals surface area contributed by atoms with E-state index in [4.69, 9.17) is 16.7 Å². The van der Waals surface area contributed by atoms with Crippen LogP contribution in [-0.2, 0) is 12.7 Å². The maximum atomic E-state index is 13.6. The van der Waals surface area contributed by atoms with Crippen LogP contribution in [0.15, 0.2) is 29.2 Å². The highest BCUT2D eigenvalue weighted by Gasteiger charge is 2.43. The Morgan fingerprint density at radius 3 is 2.60 bits per heavy atom. The molecule has 164 valence electrons. The quantitative estimate of drug-likeness (QED) is 0.442. The first-order chi connectivity index (χ1) is 14.0. The number of carbonyl (C=O) groups is 1. The fraction of sp³-hybridized carbons (Fsp3) is 0.444. The zero-order valence-corrected chi connectivity index (χ0v) is 17.1. The Bertz CT molecular complexity index is 924. The maximum Gasteiger partial charge on any atom is 0.421 e. The molecule has 1 aliphatic rings. The summed E-state index contributed by atoms with van der Waals surface area (Å²) in [5.74, 6) is -4.17. The van der Waals surface area contributed by atoms with Crippen LogP contribution in [-0.4, -0.2) is 21.6 Å². The van der Waals surface area contributed by atoms with Crippen LogP contribution in [0.2, 0.25) is 5.15 Å². The van der Waals surface area contributed by atoms with Crippen LogP contribution in [0.1, 0.15) is 41.7 Å². The molecule has 5 nitrogen and oxygen atoms in total. The Kier molecular flexibility index (Phi) is 6.63. The molecule has 3 rings (SSSR count). The van der Waals surface area contributed by atoms with Gasteiger partial charge < -0.3 is 5.32 Å². The van der Waals surface area contributed by atoms with Crippen LogP contribution < -0.4 is 10.5 Å². The summed E-state index contributed by atoms with van der Waals surface area (Å²) in [6, 6.07) is 6.25. The van der Waals surface area contributed by atoms with Crippen LogP contribution in [0.25, 0.3) is 0 Å². The normalized spacial score (nSPS) is 17.2. The first-order valence-corrected chi connectivity index (χ1v) is 10.3. The molecule has 1 amide bonds. The average molecular weight is 469 g/mol. The van der Waals surface area contributed by atoms with Gasteiger partial charge in [0.15, 0.2) is 5.15 Å². The highest BCUT2D eigenvalue weighted by atomic mass is 35.5. The molecule has 0 atom stereocenters. The van der Waals surface area contributed by atoms with Crippen molar-refractivity contribution in [3.05, 3.63) is 40.7 Å². The zero-order chi connectivity index (χ0) is 22.1. The number of nitrogens with two attached hydrogens (primary N) is 1. The van der Waals surface area contributed by atoms with Gasteiger partial charge in [0.25, 0.3) is 5.91 Å². The number of nitrogens with zero attached hydrogens (tertiary/aromatic N) is 2. The number of nitrogens with one attached hydrogen (secondary N) is 1. The van der Waals surface area contributed by atoms with Crippen molar-refractivity contribution < 1.29 is 26.7 Å². The molecule has 1 heterocycles. The monoisotopic (exact) mass is 468 g/mol. The molecule has 0 radical (unpaired) electrons. The second-order valence-electron chi connectivity index (χ2n) is 7.09. The van der Waals surface area contributed by atoms with E-state index < -0.39 is 34.4 Å². The number of hydrogen-bond acceptors (Lipinski definition) is 4. The third kappa shape index (κ3) is 5.25. The van der Waals surface area contributed by atoms with E-state index in [0.29, 0.717) is 4.90 Å². The summed E-state index contributed by atoms with van der Waals surface area (Å²) in [4.78, 5) is 13.4. The standard InChI is InChI=1S/C18H18ClF5N4OS/c19-15-13(18(22,23)24)14(16(29)26-11-2-1-3-12(8-11)30-25)28(27-15)9-10-4-6-17(20,21)7-5-10/h1-3,8,10H,4-7,9,25H2,(H,26,29). The molecule has 30 heavy (non-hydrogen) atoms. The van der Waals surface area contributed by atoms with Gasteiger partial charge in [-0.2, -0.15) is 18.3 Å². The molecule has 0 saturated heterocycles. The van der Waals surface area contributed by atoms with E-state index in [9.17, 15) is 26.7 Å². The topological polar surface area (TPSA) is 72.9 Å². The number of halogens is 6. The summed E-state index contributed by atoms with van der Waals surface area (Å²) in [5.41, 5.74) is -1.87. The van der Waals surface area contributed by atoms with Gasteiger partial charge in [-0.05, 0) is 48.9 Å². The first-order valence-electron chi connectivity index (χ1n) is 8.99. The van der Waals surface area contributed by atoms with Crippen LogP contribution in [0, 0.1) is 5.92 Å². The summed E-state index contributed by atoms with van der Waals surface area (Å²) in [6.45, 7) is -0.118. The van der Waals surface area contributed by atoms with Crippen LogP contribution in [0.4, 0.5) is 27.6 Å². The number of aromatic nitrogens is 2. The predicted molar refractivity (Wildman–Crippen MR) is 104 cm³/mol. The Balaban J connectivity index is 1.91. The summed E-state index contributed by atoms with van der Waals surface area (Å²) in [6.07, 6.45) is -5.41. The maximum absolute atomic E-state index is 13.6. The highest BCUT2D eigenvalue weighted by molar-refractivity contribution is 7.97. The van der Waals surface area contributed by atoms with E-state index in [-0.39, 0.29) is 43.8 Å². The number of rotatable bonds is 5. The van der Waals surface area contributed by atoms with Crippen molar-refractivity contribution >= 4 is 35.1 Å². The summed E-state index contributed by atoms with van der Waals surface area (Å²) in [7, 11) is 0. The van der Waals surface area contributed by atoms with Crippen molar-refractivity contribution in [3.8, 4) is 0 Å². The van der Waals surface area contributed by atoms with Crippen molar-refractivity contribution in [2.45, 2.75) is 49.2 Å². The lowest BCUT2D eigenvalue weighted by molar-refractivity contribution is -0.137. The lowest BCUT2D eigenvalue weighted by atomic mass is 9.87. The van der Waals surface area contributed by atoms with E-state index in [2.05, 4.69) is 10.4 Å². The molecule has 1 aromatic carbocycles. The van der Waals surface area contributed by atoms with Gasteiger partial charge in [0.1, 0.15) is 11.3 Å². The Labute approximate surface area is 178 Å². The molecule has 0 bridgehead atoms. The van der Waals surface area contributed by atoms with Crippen molar-refractivity contribution in [2.75, 3.05) is 5.32 Å². The minimum absolute atomic E-state index is 0.114. The molecule has 12 heteroatoms. The molecule has 0 spiro atoms. The summed E-state index contributed by atoms with van der Waals surface area (Å²) < 4.78 is 68.4. The predicted octanol–water partition coefficient (Wildman–Crippen LogP) is 5.60. The number of carbonyl (C=O) groups excluding carboxylic acids is 1. The fourth-order valence-corrected chi connectivity index (χ4v) is 4.05. The Morgan fingerprint density at radius 1 is 1.33 bits per heavy atom. The van der Waals surface area contributed by atoms with Gasteiger partial charge in [0, 0.05) is 30.0 Å². The van der Waals surface area contributed by atoms with Gasteiger partial charge >= 0.3 is 6.18 Å². The minimum atomic E-state index is -4.92. The first kappa shape index (κ1) is 22.8. The van der Waals surface area contributed by atoms with E-state index in [1.54, 1.807) is 12.1 Å². The van der Waals surface area contributed by atoms with Crippen molar-refractivity contribution in [1.82, 2.24) is 9.78 Å². The molecule has 1 aliphatic carbocycles. The smallest absolute Gasteiger partial charge is 0.321 e. The number of anilines is 1. The van der Waals surface area contributed by atoms with Gasteiger partial charge in [0.2, 0.25) is 5.92 Å². The van der Waals surface area contributed by atoms with Gasteiger partial charge in [-0.25, -0.2) is 8.78 Å². The minimum Gasteiger partial charge on any atom is -0.321 e. The molecule has 1 aromatic heterocycles. The fourth-order valence-electron chi connectivity index (χ4n) is 3.41. The van der Waals surface area contributed by atoms with Gasteiger partial charge in [0.05, 0.1) is 0 Å². The van der Waals surface area contributed by atoms with Crippen molar-refractivity contribution in [3.63, 3.8) is 0 Å². The largest absolute Gasteiger partial charge is 0.421 e. The summed E-state index contributed by atoms with van der Waals surface area (Å²) in [5, 5.41) is 10.7. The molecule has 1 fully saturated rings. The average Bonchev–Trinajstić information content (AvgIpc) is 3.00. The van der Waals surface area contributed by atoms with E-state index in [1.807, 2.05) is 0 Å². The third-order valence-corrected chi connectivity index (χ3v) is 5.69. The molecule has 2 aromatic rings.